The number of aryl methyl sites for hydroxylation is 1. The molecule has 14 heavy (non-hydrogen) atoms. The third-order valence-corrected chi connectivity index (χ3v) is 2.27. The molecule has 0 spiro atoms. The molecule has 2 nitrogen and oxygen atoms in total. The predicted octanol–water partition coefficient (Wildman–Crippen LogP) is 2.31. The molecule has 0 aliphatic heterocycles. The molecule has 1 aromatic carbocycles. The third-order valence-electron chi connectivity index (χ3n) is 2.27. The number of ketones is 1. The largest absolute Gasteiger partial charge is 0.328 e. The lowest BCUT2D eigenvalue weighted by molar-refractivity contribution is 0.0977. The van der Waals surface area contributed by atoms with Gasteiger partial charge in [-0.3, -0.25) is 4.79 Å². The van der Waals surface area contributed by atoms with Crippen LogP contribution in [-0.4, -0.2) is 11.8 Å². The van der Waals surface area contributed by atoms with Crippen molar-refractivity contribution >= 4 is 5.78 Å². The van der Waals surface area contributed by atoms with E-state index in [0.29, 0.717) is 6.42 Å². The zero-order valence-corrected chi connectivity index (χ0v) is 8.79. The van der Waals surface area contributed by atoms with Crippen molar-refractivity contribution in [2.24, 2.45) is 5.73 Å². The normalized spacial score (nSPS) is 12.5. The summed E-state index contributed by atoms with van der Waals surface area (Å²) in [5, 5.41) is 0. The molecule has 0 aliphatic rings. The van der Waals surface area contributed by atoms with E-state index in [4.69, 9.17) is 5.73 Å². The lowest BCUT2D eigenvalue weighted by Gasteiger charge is -2.06. The first-order chi connectivity index (χ1) is 6.61. The Bertz CT molecular complexity index is 318. The van der Waals surface area contributed by atoms with E-state index in [0.717, 1.165) is 17.5 Å². The molecule has 0 bridgehead atoms. The van der Waals surface area contributed by atoms with Crippen LogP contribution in [0.1, 0.15) is 35.7 Å². The van der Waals surface area contributed by atoms with Crippen molar-refractivity contribution < 1.29 is 4.79 Å². The van der Waals surface area contributed by atoms with Crippen LogP contribution in [0.4, 0.5) is 0 Å². The number of hydrogen-bond donors (Lipinski definition) is 1. The van der Waals surface area contributed by atoms with E-state index in [1.54, 1.807) is 0 Å². The highest BCUT2D eigenvalue weighted by Crippen LogP contribution is 2.11. The average Bonchev–Trinajstić information content (AvgIpc) is 2.15. The van der Waals surface area contributed by atoms with Crippen LogP contribution in [0.25, 0.3) is 0 Å². The summed E-state index contributed by atoms with van der Waals surface area (Å²) in [7, 11) is 0. The van der Waals surface area contributed by atoms with Gasteiger partial charge >= 0.3 is 0 Å². The van der Waals surface area contributed by atoms with Gasteiger partial charge in [0.25, 0.3) is 0 Å². The summed E-state index contributed by atoms with van der Waals surface area (Å²) < 4.78 is 0. The maximum absolute atomic E-state index is 11.7. The van der Waals surface area contributed by atoms with Gasteiger partial charge in [0.15, 0.2) is 5.78 Å². The minimum atomic E-state index is 0.1000. The quantitative estimate of drug-likeness (QED) is 0.742. The van der Waals surface area contributed by atoms with E-state index in [-0.39, 0.29) is 11.8 Å². The Morgan fingerprint density at radius 1 is 1.43 bits per heavy atom. The summed E-state index contributed by atoms with van der Waals surface area (Å²) in [6.07, 6.45) is 1.30. The summed E-state index contributed by atoms with van der Waals surface area (Å²) in [4.78, 5) is 11.7. The summed E-state index contributed by atoms with van der Waals surface area (Å²) in [5.41, 5.74) is 7.48. The lowest BCUT2D eigenvalue weighted by atomic mass is 10.0. The van der Waals surface area contributed by atoms with Gasteiger partial charge in [-0.05, 0) is 25.8 Å². The highest BCUT2D eigenvalue weighted by Gasteiger charge is 2.08. The summed E-state index contributed by atoms with van der Waals surface area (Å²) >= 11 is 0. The Kier molecular flexibility index (Phi) is 3.84. The first kappa shape index (κ1) is 10.9. The minimum Gasteiger partial charge on any atom is -0.328 e. The molecule has 0 radical (unpaired) electrons. The molecule has 2 heteroatoms. The van der Waals surface area contributed by atoms with Gasteiger partial charge in [0, 0.05) is 18.0 Å². The Balaban J connectivity index is 2.65. The minimum absolute atomic E-state index is 0.1000. The summed E-state index contributed by atoms with van der Waals surface area (Å²) in [6, 6.07) is 7.77. The number of benzene rings is 1. The van der Waals surface area contributed by atoms with E-state index in [2.05, 4.69) is 0 Å². The van der Waals surface area contributed by atoms with E-state index < -0.39 is 0 Å². The molecule has 0 aromatic heterocycles. The molecule has 1 aromatic rings. The van der Waals surface area contributed by atoms with Gasteiger partial charge in [0.1, 0.15) is 0 Å². The van der Waals surface area contributed by atoms with Crippen LogP contribution in [0.5, 0.6) is 0 Å². The van der Waals surface area contributed by atoms with Crippen LogP contribution in [0, 0.1) is 6.92 Å². The number of carbonyl (C=O) groups is 1. The second-order valence-corrected chi connectivity index (χ2v) is 3.75. The average molecular weight is 191 g/mol. The van der Waals surface area contributed by atoms with Crippen LogP contribution >= 0.6 is 0 Å². The zero-order valence-electron chi connectivity index (χ0n) is 8.79. The standard InChI is InChI=1S/C12H17NO/c1-9-5-3-4-6-11(9)12(14)8-7-10(2)13/h3-6,10H,7-8,13H2,1-2H3. The Hall–Kier alpha value is -1.15. The van der Waals surface area contributed by atoms with Gasteiger partial charge < -0.3 is 5.73 Å². The van der Waals surface area contributed by atoms with Crippen LogP contribution in [-0.2, 0) is 0 Å². The number of rotatable bonds is 4. The van der Waals surface area contributed by atoms with E-state index in [9.17, 15) is 4.79 Å². The zero-order chi connectivity index (χ0) is 10.6. The molecule has 0 saturated carbocycles. The van der Waals surface area contributed by atoms with Gasteiger partial charge in [0.05, 0.1) is 0 Å². The number of nitrogens with two attached hydrogens (primary N) is 1. The van der Waals surface area contributed by atoms with Crippen LogP contribution in [0.15, 0.2) is 24.3 Å². The fourth-order valence-corrected chi connectivity index (χ4v) is 1.38. The van der Waals surface area contributed by atoms with Crippen LogP contribution in [0.2, 0.25) is 0 Å². The second-order valence-electron chi connectivity index (χ2n) is 3.75. The molecular weight excluding hydrogens is 174 g/mol. The van der Waals surface area contributed by atoms with Crippen molar-refractivity contribution in [3.63, 3.8) is 0 Å². The number of Topliss-reactive ketones (excluding diaryl/α,β-unsaturated/α-hetero) is 1. The molecule has 0 aliphatic carbocycles. The van der Waals surface area contributed by atoms with Crippen molar-refractivity contribution in [3.05, 3.63) is 35.4 Å². The highest BCUT2D eigenvalue weighted by molar-refractivity contribution is 5.97. The number of hydrogen-bond acceptors (Lipinski definition) is 2. The smallest absolute Gasteiger partial charge is 0.163 e. The summed E-state index contributed by atoms with van der Waals surface area (Å²) in [6.45, 7) is 3.88. The molecule has 0 fully saturated rings. The van der Waals surface area contributed by atoms with E-state index in [1.165, 1.54) is 0 Å². The Labute approximate surface area is 85.1 Å². The molecule has 76 valence electrons. The molecule has 1 atom stereocenters. The fraction of sp³-hybridized carbons (Fsp3) is 0.417. The van der Waals surface area contributed by atoms with Gasteiger partial charge in [-0.25, -0.2) is 0 Å². The van der Waals surface area contributed by atoms with Crippen molar-refractivity contribution in [1.82, 2.24) is 0 Å². The maximum atomic E-state index is 11.7. The van der Waals surface area contributed by atoms with Crippen LogP contribution < -0.4 is 5.73 Å². The molecule has 2 N–H and O–H groups in total. The first-order valence-electron chi connectivity index (χ1n) is 4.95. The molecule has 0 saturated heterocycles. The summed E-state index contributed by atoms with van der Waals surface area (Å²) in [5.74, 6) is 0.195. The van der Waals surface area contributed by atoms with Gasteiger partial charge in [-0.1, -0.05) is 24.3 Å². The van der Waals surface area contributed by atoms with Crippen molar-refractivity contribution in [2.75, 3.05) is 0 Å². The highest BCUT2D eigenvalue weighted by atomic mass is 16.1. The van der Waals surface area contributed by atoms with Crippen molar-refractivity contribution in [2.45, 2.75) is 32.7 Å². The molecule has 0 heterocycles. The van der Waals surface area contributed by atoms with E-state index in [1.807, 2.05) is 38.1 Å². The molecule has 1 unspecified atom stereocenters. The monoisotopic (exact) mass is 191 g/mol. The molecule has 1 rings (SSSR count). The topological polar surface area (TPSA) is 43.1 Å². The molecular formula is C12H17NO. The SMILES string of the molecule is Cc1ccccc1C(=O)CCC(C)N. The predicted molar refractivity (Wildman–Crippen MR) is 58.4 cm³/mol. The van der Waals surface area contributed by atoms with Gasteiger partial charge in [0.2, 0.25) is 0 Å². The van der Waals surface area contributed by atoms with E-state index >= 15 is 0 Å². The van der Waals surface area contributed by atoms with Crippen molar-refractivity contribution in [3.8, 4) is 0 Å². The van der Waals surface area contributed by atoms with Gasteiger partial charge in [-0.15, -0.1) is 0 Å². The van der Waals surface area contributed by atoms with Crippen LogP contribution in [0.3, 0.4) is 0 Å². The van der Waals surface area contributed by atoms with Gasteiger partial charge in [-0.2, -0.15) is 0 Å². The first-order valence-corrected chi connectivity index (χ1v) is 4.95. The Morgan fingerprint density at radius 2 is 2.07 bits per heavy atom. The third kappa shape index (κ3) is 2.96. The van der Waals surface area contributed by atoms with Crippen molar-refractivity contribution in [1.29, 1.82) is 0 Å². The number of carbonyl (C=O) groups excluding carboxylic acids is 1. The fourth-order valence-electron chi connectivity index (χ4n) is 1.38. The molecule has 0 amide bonds. The maximum Gasteiger partial charge on any atom is 0.163 e. The lowest BCUT2D eigenvalue weighted by Crippen LogP contribution is -2.16. The Morgan fingerprint density at radius 3 is 2.64 bits per heavy atom. The second kappa shape index (κ2) is 4.91.